The van der Waals surface area contributed by atoms with Crippen LogP contribution in [0.1, 0.15) is 5.56 Å². The predicted molar refractivity (Wildman–Crippen MR) is 69.7 cm³/mol. The third kappa shape index (κ3) is 2.60. The van der Waals surface area contributed by atoms with Gasteiger partial charge in [-0.05, 0) is 36.4 Å². The normalized spacial score (nSPS) is 9.83. The van der Waals surface area contributed by atoms with Gasteiger partial charge in [0.25, 0.3) is 0 Å². The van der Waals surface area contributed by atoms with Crippen molar-refractivity contribution in [3.63, 3.8) is 0 Å². The molecule has 0 aliphatic carbocycles. The number of nitriles is 1. The van der Waals surface area contributed by atoms with Gasteiger partial charge in [0, 0.05) is 10.2 Å². The molecule has 0 spiro atoms. The molecule has 0 aromatic heterocycles. The second kappa shape index (κ2) is 5.07. The van der Waals surface area contributed by atoms with Crippen LogP contribution in [-0.2, 0) is 0 Å². The smallest absolute Gasteiger partial charge is 0.166 e. The van der Waals surface area contributed by atoms with Crippen molar-refractivity contribution in [3.8, 4) is 17.6 Å². The number of ether oxygens (including phenoxy) is 1. The largest absolute Gasteiger partial charge is 0.453 e. The van der Waals surface area contributed by atoms with Crippen molar-refractivity contribution >= 4 is 21.6 Å². The Morgan fingerprint density at radius 2 is 1.89 bits per heavy atom. The molecule has 3 nitrogen and oxygen atoms in total. The first-order valence-electron chi connectivity index (χ1n) is 5.02. The van der Waals surface area contributed by atoms with E-state index in [-0.39, 0.29) is 17.1 Å². The van der Waals surface area contributed by atoms with Crippen LogP contribution in [0, 0.1) is 17.1 Å². The Morgan fingerprint density at radius 1 is 1.17 bits per heavy atom. The van der Waals surface area contributed by atoms with Crippen molar-refractivity contribution in [2.24, 2.45) is 0 Å². The molecule has 0 saturated carbocycles. The number of nitrogens with two attached hydrogens (primary N) is 1. The van der Waals surface area contributed by atoms with E-state index in [0.717, 1.165) is 0 Å². The predicted octanol–water partition coefficient (Wildman–Crippen LogP) is 3.83. The average Bonchev–Trinajstić information content (AvgIpc) is 2.34. The van der Waals surface area contributed by atoms with Gasteiger partial charge in [-0.1, -0.05) is 15.9 Å². The van der Waals surface area contributed by atoms with Crippen LogP contribution in [0.15, 0.2) is 40.9 Å². The number of nitrogen functional groups attached to an aromatic ring is 1. The van der Waals surface area contributed by atoms with Crippen molar-refractivity contribution in [1.82, 2.24) is 0 Å². The Labute approximate surface area is 112 Å². The molecule has 90 valence electrons. The molecule has 0 heterocycles. The van der Waals surface area contributed by atoms with Crippen molar-refractivity contribution in [3.05, 3.63) is 52.3 Å². The molecule has 0 saturated heterocycles. The zero-order chi connectivity index (χ0) is 13.1. The molecule has 0 fully saturated rings. The number of hydrogen-bond acceptors (Lipinski definition) is 3. The lowest BCUT2D eigenvalue weighted by atomic mass is 10.2. The molecular formula is C13H8BrFN2O. The Bertz CT molecular complexity index is 637. The number of hydrogen-bond donors (Lipinski definition) is 1. The topological polar surface area (TPSA) is 59.0 Å². The van der Waals surface area contributed by atoms with Crippen LogP contribution >= 0.6 is 15.9 Å². The number of nitrogens with zero attached hydrogens (tertiary/aromatic N) is 1. The molecule has 2 N–H and O–H groups in total. The van der Waals surface area contributed by atoms with Gasteiger partial charge in [-0.3, -0.25) is 0 Å². The first-order chi connectivity index (χ1) is 8.60. The molecule has 0 aliphatic heterocycles. The second-order valence-electron chi connectivity index (χ2n) is 3.54. The molecule has 18 heavy (non-hydrogen) atoms. The summed E-state index contributed by atoms with van der Waals surface area (Å²) in [6.45, 7) is 0. The summed E-state index contributed by atoms with van der Waals surface area (Å²) in [6, 6.07) is 11.0. The number of benzene rings is 2. The summed E-state index contributed by atoms with van der Waals surface area (Å²) in [7, 11) is 0. The van der Waals surface area contributed by atoms with Gasteiger partial charge in [-0.25, -0.2) is 4.39 Å². The van der Waals surface area contributed by atoms with Crippen molar-refractivity contribution in [2.45, 2.75) is 0 Å². The highest BCUT2D eigenvalue weighted by atomic mass is 79.9. The molecule has 5 heteroatoms. The van der Waals surface area contributed by atoms with Crippen LogP contribution < -0.4 is 10.5 Å². The first kappa shape index (κ1) is 12.4. The van der Waals surface area contributed by atoms with Crippen LogP contribution in [0.5, 0.6) is 11.5 Å². The molecule has 0 bridgehead atoms. The quantitative estimate of drug-likeness (QED) is 0.858. The van der Waals surface area contributed by atoms with E-state index >= 15 is 0 Å². The fourth-order valence-electron chi connectivity index (χ4n) is 1.40. The lowest BCUT2D eigenvalue weighted by Crippen LogP contribution is -1.93. The molecule has 0 aliphatic rings. The van der Waals surface area contributed by atoms with E-state index in [1.54, 1.807) is 12.1 Å². The molecule has 0 amide bonds. The highest BCUT2D eigenvalue weighted by Gasteiger charge is 2.09. The van der Waals surface area contributed by atoms with Crippen molar-refractivity contribution in [2.75, 3.05) is 5.73 Å². The van der Waals surface area contributed by atoms with Crippen molar-refractivity contribution < 1.29 is 9.13 Å². The summed E-state index contributed by atoms with van der Waals surface area (Å²) in [5, 5.41) is 8.95. The molecular weight excluding hydrogens is 299 g/mol. The van der Waals surface area contributed by atoms with E-state index in [0.29, 0.717) is 10.2 Å². The Hall–Kier alpha value is -2.06. The summed E-state index contributed by atoms with van der Waals surface area (Å²) < 4.78 is 19.6. The van der Waals surface area contributed by atoms with Gasteiger partial charge in [0.1, 0.15) is 11.8 Å². The summed E-state index contributed by atoms with van der Waals surface area (Å²) in [6.07, 6.45) is 0. The van der Waals surface area contributed by atoms with Crippen LogP contribution in [0.4, 0.5) is 10.1 Å². The van der Waals surface area contributed by atoms with E-state index in [1.165, 1.54) is 24.3 Å². The molecule has 2 aromatic carbocycles. The maximum absolute atomic E-state index is 13.6. The third-order valence-electron chi connectivity index (χ3n) is 2.24. The zero-order valence-corrected chi connectivity index (χ0v) is 10.7. The summed E-state index contributed by atoms with van der Waals surface area (Å²) >= 11 is 3.15. The van der Waals surface area contributed by atoms with E-state index in [4.69, 9.17) is 15.7 Å². The SMILES string of the molecule is N#Cc1cc(N)ccc1Oc1ccc(Br)cc1F. The molecule has 0 unspecified atom stereocenters. The second-order valence-corrected chi connectivity index (χ2v) is 4.46. The zero-order valence-electron chi connectivity index (χ0n) is 9.15. The maximum Gasteiger partial charge on any atom is 0.166 e. The Balaban J connectivity index is 2.37. The highest BCUT2D eigenvalue weighted by molar-refractivity contribution is 9.10. The molecule has 0 radical (unpaired) electrons. The maximum atomic E-state index is 13.6. The van der Waals surface area contributed by atoms with Gasteiger partial charge in [0.05, 0.1) is 5.56 Å². The average molecular weight is 307 g/mol. The number of halogens is 2. The molecule has 2 rings (SSSR count). The first-order valence-corrected chi connectivity index (χ1v) is 5.82. The van der Waals surface area contributed by atoms with Gasteiger partial charge in [-0.15, -0.1) is 0 Å². The number of anilines is 1. The summed E-state index contributed by atoms with van der Waals surface area (Å²) in [4.78, 5) is 0. The monoisotopic (exact) mass is 306 g/mol. The van der Waals surface area contributed by atoms with E-state index in [9.17, 15) is 4.39 Å². The standard InChI is InChI=1S/C13H8BrFN2O/c14-9-1-3-13(11(15)6-9)18-12-4-2-10(17)5-8(12)7-16/h1-6H,17H2. The van der Waals surface area contributed by atoms with Crippen LogP contribution in [0.2, 0.25) is 0 Å². The lowest BCUT2D eigenvalue weighted by molar-refractivity contribution is 0.441. The Kier molecular flexibility index (Phi) is 3.49. The van der Waals surface area contributed by atoms with Crippen LogP contribution in [-0.4, -0.2) is 0 Å². The van der Waals surface area contributed by atoms with Crippen molar-refractivity contribution in [1.29, 1.82) is 5.26 Å². The van der Waals surface area contributed by atoms with Gasteiger partial charge in [-0.2, -0.15) is 5.26 Å². The van der Waals surface area contributed by atoms with E-state index in [2.05, 4.69) is 15.9 Å². The van der Waals surface area contributed by atoms with Gasteiger partial charge in [0.15, 0.2) is 11.6 Å². The fraction of sp³-hybridized carbons (Fsp3) is 0. The minimum Gasteiger partial charge on any atom is -0.453 e. The number of rotatable bonds is 2. The summed E-state index contributed by atoms with van der Waals surface area (Å²) in [5.74, 6) is -0.183. The van der Waals surface area contributed by atoms with Crippen LogP contribution in [0.25, 0.3) is 0 Å². The minimum absolute atomic E-state index is 0.0551. The van der Waals surface area contributed by atoms with Gasteiger partial charge >= 0.3 is 0 Å². The minimum atomic E-state index is -0.509. The van der Waals surface area contributed by atoms with E-state index in [1.807, 2.05) is 6.07 Å². The van der Waals surface area contributed by atoms with Gasteiger partial charge in [0.2, 0.25) is 0 Å². The highest BCUT2D eigenvalue weighted by Crippen LogP contribution is 2.29. The van der Waals surface area contributed by atoms with Crippen LogP contribution in [0.3, 0.4) is 0 Å². The fourth-order valence-corrected chi connectivity index (χ4v) is 1.73. The Morgan fingerprint density at radius 3 is 2.56 bits per heavy atom. The lowest BCUT2D eigenvalue weighted by Gasteiger charge is -2.08. The van der Waals surface area contributed by atoms with E-state index < -0.39 is 5.82 Å². The van der Waals surface area contributed by atoms with Gasteiger partial charge < -0.3 is 10.5 Å². The third-order valence-corrected chi connectivity index (χ3v) is 2.73. The molecule has 0 atom stereocenters. The summed E-state index contributed by atoms with van der Waals surface area (Å²) in [5.41, 5.74) is 6.27. The molecule has 2 aromatic rings.